The summed E-state index contributed by atoms with van der Waals surface area (Å²) in [5.41, 5.74) is 7.89. The Balaban J connectivity index is 1.86. The predicted octanol–water partition coefficient (Wildman–Crippen LogP) is 1.62. The first-order valence-corrected chi connectivity index (χ1v) is 7.28. The minimum atomic E-state index is -0.932. The molecule has 6 nitrogen and oxygen atoms in total. The average Bonchev–Trinajstić information content (AvgIpc) is 2.91. The van der Waals surface area contributed by atoms with Crippen LogP contribution in [0.3, 0.4) is 0 Å². The highest BCUT2D eigenvalue weighted by Crippen LogP contribution is 2.24. The van der Waals surface area contributed by atoms with Crippen molar-refractivity contribution in [2.45, 2.75) is 13.0 Å². The number of carboxylic acids is 1. The lowest BCUT2D eigenvalue weighted by atomic mass is 9.94. The molecule has 3 rings (SSSR count). The summed E-state index contributed by atoms with van der Waals surface area (Å²) in [6.45, 7) is 0.875. The monoisotopic (exact) mass is 303 g/mol. The Bertz CT molecular complexity index is 726. The molecule has 0 spiro atoms. The molecule has 0 fully saturated rings. The summed E-state index contributed by atoms with van der Waals surface area (Å²) in [6.07, 6.45) is 0.531. The van der Waals surface area contributed by atoms with Crippen molar-refractivity contribution in [3.05, 3.63) is 46.0 Å². The van der Waals surface area contributed by atoms with E-state index in [1.54, 1.807) is 22.4 Å². The Labute approximate surface area is 124 Å². The highest BCUT2D eigenvalue weighted by molar-refractivity contribution is 7.13. The van der Waals surface area contributed by atoms with Gasteiger partial charge in [0.05, 0.1) is 5.56 Å². The lowest BCUT2D eigenvalue weighted by Crippen LogP contribution is -2.36. The fourth-order valence-corrected chi connectivity index (χ4v) is 3.07. The van der Waals surface area contributed by atoms with E-state index in [1.807, 2.05) is 6.07 Å². The molecular formula is C14H13N3O3S. The zero-order valence-corrected chi connectivity index (χ0v) is 11.9. The number of carbonyl (C=O) groups excluding carboxylic acids is 1. The first-order valence-electron chi connectivity index (χ1n) is 6.40. The van der Waals surface area contributed by atoms with Gasteiger partial charge in [0.25, 0.3) is 5.91 Å². The number of nitrogens with two attached hydrogens (primary N) is 1. The van der Waals surface area contributed by atoms with Gasteiger partial charge in [0.15, 0.2) is 5.13 Å². The van der Waals surface area contributed by atoms with Crippen molar-refractivity contribution < 1.29 is 14.7 Å². The van der Waals surface area contributed by atoms with Crippen LogP contribution in [0.5, 0.6) is 0 Å². The molecule has 0 unspecified atom stereocenters. The zero-order chi connectivity index (χ0) is 15.0. The molecule has 1 amide bonds. The third kappa shape index (κ3) is 2.47. The molecule has 0 radical (unpaired) electrons. The Kier molecular flexibility index (Phi) is 3.34. The molecular weight excluding hydrogens is 290 g/mol. The number of rotatable bonds is 2. The number of hydrogen-bond acceptors (Lipinski definition) is 5. The van der Waals surface area contributed by atoms with Crippen LogP contribution in [0.2, 0.25) is 0 Å². The molecule has 21 heavy (non-hydrogen) atoms. The SMILES string of the molecule is Nc1nc(C(=O)N2CCc3c(cccc3C(=O)O)C2)cs1. The number of amides is 1. The van der Waals surface area contributed by atoms with Gasteiger partial charge in [0.1, 0.15) is 5.69 Å². The van der Waals surface area contributed by atoms with E-state index in [-0.39, 0.29) is 5.91 Å². The van der Waals surface area contributed by atoms with Crippen LogP contribution in [0.25, 0.3) is 0 Å². The second kappa shape index (κ2) is 5.17. The Morgan fingerprint density at radius 2 is 2.19 bits per heavy atom. The molecule has 0 aliphatic carbocycles. The third-order valence-corrected chi connectivity index (χ3v) is 4.20. The largest absolute Gasteiger partial charge is 0.478 e. The number of hydrogen-bond donors (Lipinski definition) is 2. The van der Waals surface area contributed by atoms with Crippen LogP contribution in [0.15, 0.2) is 23.6 Å². The molecule has 2 heterocycles. The van der Waals surface area contributed by atoms with Crippen molar-refractivity contribution in [2.75, 3.05) is 12.3 Å². The van der Waals surface area contributed by atoms with Gasteiger partial charge in [0, 0.05) is 18.5 Å². The standard InChI is InChI=1S/C14H13N3O3S/c15-14-16-11(7-21-14)12(18)17-5-4-9-8(6-17)2-1-3-10(9)13(19)20/h1-3,7H,4-6H2,(H2,15,16)(H,19,20). The van der Waals surface area contributed by atoms with Crippen LogP contribution in [-0.2, 0) is 13.0 Å². The molecule has 0 saturated heterocycles. The maximum absolute atomic E-state index is 12.3. The topological polar surface area (TPSA) is 96.5 Å². The molecule has 1 aliphatic heterocycles. The number of carboxylic acid groups (broad SMARTS) is 1. The summed E-state index contributed by atoms with van der Waals surface area (Å²) < 4.78 is 0. The molecule has 7 heteroatoms. The third-order valence-electron chi connectivity index (χ3n) is 3.52. The highest BCUT2D eigenvalue weighted by Gasteiger charge is 2.25. The second-order valence-corrected chi connectivity index (χ2v) is 5.69. The Morgan fingerprint density at radius 1 is 1.38 bits per heavy atom. The molecule has 0 bridgehead atoms. The summed E-state index contributed by atoms with van der Waals surface area (Å²) in [5.74, 6) is -1.10. The van der Waals surface area contributed by atoms with Gasteiger partial charge in [0.2, 0.25) is 0 Å². The molecule has 3 N–H and O–H groups in total. The summed E-state index contributed by atoms with van der Waals surface area (Å²) >= 11 is 1.23. The van der Waals surface area contributed by atoms with Gasteiger partial charge in [-0.2, -0.15) is 0 Å². The number of thiazole rings is 1. The quantitative estimate of drug-likeness (QED) is 0.878. The molecule has 1 aromatic carbocycles. The van der Waals surface area contributed by atoms with Gasteiger partial charge in [-0.05, 0) is 23.6 Å². The second-order valence-electron chi connectivity index (χ2n) is 4.80. The molecule has 108 valence electrons. The normalized spacial score (nSPS) is 13.8. The number of anilines is 1. The van der Waals surface area contributed by atoms with Crippen LogP contribution in [-0.4, -0.2) is 33.4 Å². The number of aromatic carboxylic acids is 1. The van der Waals surface area contributed by atoms with E-state index in [4.69, 9.17) is 5.73 Å². The molecule has 0 saturated carbocycles. The van der Waals surface area contributed by atoms with Crippen molar-refractivity contribution in [3.63, 3.8) is 0 Å². The van der Waals surface area contributed by atoms with Crippen LogP contribution < -0.4 is 5.73 Å². The van der Waals surface area contributed by atoms with Crippen LogP contribution in [0, 0.1) is 0 Å². The molecule has 0 atom stereocenters. The number of nitrogens with zero attached hydrogens (tertiary/aromatic N) is 2. The number of nitrogen functional groups attached to an aromatic ring is 1. The van der Waals surface area contributed by atoms with E-state index < -0.39 is 5.97 Å². The Morgan fingerprint density at radius 3 is 2.86 bits per heavy atom. The molecule has 1 aromatic heterocycles. The fraction of sp³-hybridized carbons (Fsp3) is 0.214. The van der Waals surface area contributed by atoms with Crippen molar-refractivity contribution in [1.29, 1.82) is 0 Å². The molecule has 1 aliphatic rings. The maximum atomic E-state index is 12.3. The minimum Gasteiger partial charge on any atom is -0.478 e. The minimum absolute atomic E-state index is 0.172. The van der Waals surface area contributed by atoms with E-state index in [0.717, 1.165) is 11.1 Å². The summed E-state index contributed by atoms with van der Waals surface area (Å²) in [5, 5.41) is 11.2. The number of fused-ring (bicyclic) bond motifs is 1. The van der Waals surface area contributed by atoms with Crippen molar-refractivity contribution in [1.82, 2.24) is 9.88 Å². The first-order chi connectivity index (χ1) is 10.1. The van der Waals surface area contributed by atoms with Gasteiger partial charge in [-0.25, -0.2) is 9.78 Å². The molecule has 2 aromatic rings. The Hall–Kier alpha value is -2.41. The number of benzene rings is 1. The van der Waals surface area contributed by atoms with E-state index >= 15 is 0 Å². The summed E-state index contributed by atoms with van der Waals surface area (Å²) in [7, 11) is 0. The van der Waals surface area contributed by atoms with E-state index in [1.165, 1.54) is 11.3 Å². The summed E-state index contributed by atoms with van der Waals surface area (Å²) in [4.78, 5) is 29.2. The van der Waals surface area contributed by atoms with Crippen LogP contribution in [0.1, 0.15) is 32.0 Å². The lowest BCUT2D eigenvalue weighted by Gasteiger charge is -2.29. The van der Waals surface area contributed by atoms with Gasteiger partial charge < -0.3 is 15.7 Å². The fourth-order valence-electron chi connectivity index (χ4n) is 2.53. The number of carbonyl (C=O) groups is 2. The van der Waals surface area contributed by atoms with Gasteiger partial charge in [-0.15, -0.1) is 11.3 Å². The van der Waals surface area contributed by atoms with Crippen LogP contribution >= 0.6 is 11.3 Å². The van der Waals surface area contributed by atoms with Gasteiger partial charge in [-0.3, -0.25) is 4.79 Å². The van der Waals surface area contributed by atoms with Gasteiger partial charge in [-0.1, -0.05) is 12.1 Å². The lowest BCUT2D eigenvalue weighted by molar-refractivity contribution is 0.0694. The predicted molar refractivity (Wildman–Crippen MR) is 78.4 cm³/mol. The first kappa shape index (κ1) is 13.6. The van der Waals surface area contributed by atoms with Crippen molar-refractivity contribution in [3.8, 4) is 0 Å². The average molecular weight is 303 g/mol. The smallest absolute Gasteiger partial charge is 0.335 e. The van der Waals surface area contributed by atoms with Crippen molar-refractivity contribution >= 4 is 28.3 Å². The highest BCUT2D eigenvalue weighted by atomic mass is 32.1. The maximum Gasteiger partial charge on any atom is 0.335 e. The van der Waals surface area contributed by atoms with Crippen LogP contribution in [0.4, 0.5) is 5.13 Å². The van der Waals surface area contributed by atoms with E-state index in [2.05, 4.69) is 4.98 Å². The summed E-state index contributed by atoms with van der Waals surface area (Å²) in [6, 6.07) is 5.16. The van der Waals surface area contributed by atoms with Gasteiger partial charge >= 0.3 is 5.97 Å². The van der Waals surface area contributed by atoms with E-state index in [9.17, 15) is 14.7 Å². The van der Waals surface area contributed by atoms with Crippen molar-refractivity contribution in [2.24, 2.45) is 0 Å². The number of aromatic nitrogens is 1. The zero-order valence-electron chi connectivity index (χ0n) is 11.1. The van der Waals surface area contributed by atoms with E-state index in [0.29, 0.717) is 35.9 Å².